The summed E-state index contributed by atoms with van der Waals surface area (Å²) in [7, 11) is 0. The van der Waals surface area contributed by atoms with Crippen LogP contribution in [0.25, 0.3) is 0 Å². The molecule has 3 aromatic heterocycles. The van der Waals surface area contributed by atoms with Crippen LogP contribution in [0.5, 0.6) is 0 Å². The van der Waals surface area contributed by atoms with Crippen molar-refractivity contribution < 1.29 is 18.4 Å². The van der Waals surface area contributed by atoms with Gasteiger partial charge in [-0.05, 0) is 35.9 Å². The highest BCUT2D eigenvalue weighted by molar-refractivity contribution is 6.18. The molecule has 0 saturated heterocycles. The monoisotopic (exact) mass is 380 g/mol. The molecule has 0 spiro atoms. The zero-order chi connectivity index (χ0) is 19.6. The molecule has 0 atom stereocenters. The SMILES string of the molecule is O=C(NCc1ccco1)C(=CNCc1cccnc1)C(=O)NCc1ccco1. The van der Waals surface area contributed by atoms with Gasteiger partial charge in [-0.1, -0.05) is 6.07 Å². The maximum atomic E-state index is 12.5. The molecule has 3 aromatic rings. The molecule has 0 aromatic carbocycles. The van der Waals surface area contributed by atoms with Crippen LogP contribution in [0, 0.1) is 0 Å². The van der Waals surface area contributed by atoms with E-state index in [0.717, 1.165) is 5.56 Å². The van der Waals surface area contributed by atoms with E-state index in [1.807, 2.05) is 12.1 Å². The molecule has 3 N–H and O–H groups in total. The Kier molecular flexibility index (Phi) is 6.62. The first kappa shape index (κ1) is 19.0. The van der Waals surface area contributed by atoms with Crippen LogP contribution in [-0.4, -0.2) is 16.8 Å². The first-order valence-corrected chi connectivity index (χ1v) is 8.66. The fraction of sp³-hybridized carbons (Fsp3) is 0.150. The number of hydrogen-bond donors (Lipinski definition) is 3. The van der Waals surface area contributed by atoms with Crippen LogP contribution in [-0.2, 0) is 29.2 Å². The molecular weight excluding hydrogens is 360 g/mol. The van der Waals surface area contributed by atoms with Crippen molar-refractivity contribution in [3.05, 3.63) is 90.2 Å². The normalized spacial score (nSPS) is 10.1. The molecule has 8 nitrogen and oxygen atoms in total. The van der Waals surface area contributed by atoms with E-state index in [0.29, 0.717) is 18.1 Å². The molecule has 144 valence electrons. The van der Waals surface area contributed by atoms with Gasteiger partial charge in [0, 0.05) is 25.1 Å². The zero-order valence-electron chi connectivity index (χ0n) is 15.1. The van der Waals surface area contributed by atoms with E-state index in [2.05, 4.69) is 20.9 Å². The van der Waals surface area contributed by atoms with Crippen LogP contribution in [0.3, 0.4) is 0 Å². The maximum absolute atomic E-state index is 12.5. The Morgan fingerprint density at radius 2 is 1.54 bits per heavy atom. The second-order valence-corrected chi connectivity index (χ2v) is 5.82. The van der Waals surface area contributed by atoms with Gasteiger partial charge in [0.25, 0.3) is 11.8 Å². The van der Waals surface area contributed by atoms with Crippen molar-refractivity contribution in [1.29, 1.82) is 0 Å². The Hall–Kier alpha value is -3.81. The van der Waals surface area contributed by atoms with E-state index in [1.165, 1.54) is 18.7 Å². The number of rotatable bonds is 9. The van der Waals surface area contributed by atoms with E-state index in [-0.39, 0.29) is 18.7 Å². The van der Waals surface area contributed by atoms with Crippen molar-refractivity contribution in [3.63, 3.8) is 0 Å². The molecule has 0 aliphatic carbocycles. The van der Waals surface area contributed by atoms with Crippen LogP contribution >= 0.6 is 0 Å². The van der Waals surface area contributed by atoms with Crippen LogP contribution < -0.4 is 16.0 Å². The number of carbonyl (C=O) groups is 2. The van der Waals surface area contributed by atoms with Gasteiger partial charge in [-0.25, -0.2) is 0 Å². The Morgan fingerprint density at radius 1 is 0.893 bits per heavy atom. The first-order chi connectivity index (χ1) is 13.7. The standard InChI is InChI=1S/C20H20N4O4/c25-19(23-12-16-5-2-8-27-16)18(14-22-11-15-4-1-7-21-10-15)20(26)24-13-17-6-3-9-28-17/h1-10,14,22H,11-13H2,(H,23,25)(H,24,26). The van der Waals surface area contributed by atoms with E-state index >= 15 is 0 Å². The number of amides is 2. The first-order valence-electron chi connectivity index (χ1n) is 8.66. The highest BCUT2D eigenvalue weighted by atomic mass is 16.3. The summed E-state index contributed by atoms with van der Waals surface area (Å²) in [6.45, 7) is 0.781. The summed E-state index contributed by atoms with van der Waals surface area (Å²) >= 11 is 0. The lowest BCUT2D eigenvalue weighted by molar-refractivity contribution is -0.123. The second-order valence-electron chi connectivity index (χ2n) is 5.82. The molecule has 3 rings (SSSR count). The predicted octanol–water partition coefficient (Wildman–Crippen LogP) is 1.87. The lowest BCUT2D eigenvalue weighted by atomic mass is 10.2. The minimum absolute atomic E-state index is 0.0537. The molecule has 0 saturated carbocycles. The molecule has 0 aliphatic heterocycles. The van der Waals surface area contributed by atoms with Crippen molar-refractivity contribution in [2.45, 2.75) is 19.6 Å². The Labute approximate surface area is 161 Å². The molecule has 0 radical (unpaired) electrons. The average molecular weight is 380 g/mol. The smallest absolute Gasteiger partial charge is 0.258 e. The fourth-order valence-electron chi connectivity index (χ4n) is 2.36. The number of aromatic nitrogens is 1. The summed E-state index contributed by atoms with van der Waals surface area (Å²) in [5, 5.41) is 8.32. The van der Waals surface area contributed by atoms with Gasteiger partial charge in [0.2, 0.25) is 0 Å². The van der Waals surface area contributed by atoms with Gasteiger partial charge in [0.05, 0.1) is 25.6 Å². The highest BCUT2D eigenvalue weighted by Gasteiger charge is 2.18. The molecule has 2 amide bonds. The van der Waals surface area contributed by atoms with E-state index in [9.17, 15) is 9.59 Å². The number of furan rings is 2. The van der Waals surface area contributed by atoms with Crippen molar-refractivity contribution in [2.24, 2.45) is 0 Å². The van der Waals surface area contributed by atoms with Gasteiger partial charge >= 0.3 is 0 Å². The number of pyridine rings is 1. The third-order valence-corrected chi connectivity index (χ3v) is 3.77. The minimum atomic E-state index is -0.521. The van der Waals surface area contributed by atoms with Gasteiger partial charge in [-0.15, -0.1) is 0 Å². The lowest BCUT2D eigenvalue weighted by Gasteiger charge is -2.10. The van der Waals surface area contributed by atoms with Crippen LogP contribution in [0.2, 0.25) is 0 Å². The average Bonchev–Trinajstić information content (AvgIpc) is 3.42. The van der Waals surface area contributed by atoms with E-state index in [1.54, 1.807) is 36.7 Å². The van der Waals surface area contributed by atoms with Gasteiger partial charge in [0.1, 0.15) is 17.1 Å². The van der Waals surface area contributed by atoms with Crippen LogP contribution in [0.15, 0.2) is 81.9 Å². The van der Waals surface area contributed by atoms with Gasteiger partial charge in [-0.3, -0.25) is 14.6 Å². The number of carbonyl (C=O) groups excluding carboxylic acids is 2. The summed E-state index contributed by atoms with van der Waals surface area (Å²) in [6.07, 6.45) is 7.80. The van der Waals surface area contributed by atoms with Crippen molar-refractivity contribution >= 4 is 11.8 Å². The molecule has 8 heteroatoms. The number of hydrogen-bond acceptors (Lipinski definition) is 6. The van der Waals surface area contributed by atoms with E-state index < -0.39 is 11.8 Å². The third kappa shape index (κ3) is 5.60. The second kappa shape index (κ2) is 9.77. The molecule has 28 heavy (non-hydrogen) atoms. The summed E-state index contributed by atoms with van der Waals surface area (Å²) in [5.41, 5.74) is 0.868. The van der Waals surface area contributed by atoms with Crippen LogP contribution in [0.4, 0.5) is 0 Å². The molecule has 0 bridgehead atoms. The highest BCUT2D eigenvalue weighted by Crippen LogP contribution is 2.03. The summed E-state index contributed by atoms with van der Waals surface area (Å²) in [5.74, 6) is 0.137. The molecular formula is C20H20N4O4. The topological polar surface area (TPSA) is 109 Å². The summed E-state index contributed by atoms with van der Waals surface area (Å²) < 4.78 is 10.4. The minimum Gasteiger partial charge on any atom is -0.467 e. The predicted molar refractivity (Wildman–Crippen MR) is 100 cm³/mol. The molecule has 0 fully saturated rings. The van der Waals surface area contributed by atoms with Crippen molar-refractivity contribution in [3.8, 4) is 0 Å². The molecule has 0 unspecified atom stereocenters. The quantitative estimate of drug-likeness (QED) is 0.297. The Bertz CT molecular complexity index is 851. The number of nitrogens with zero attached hydrogens (tertiary/aromatic N) is 1. The fourth-order valence-corrected chi connectivity index (χ4v) is 2.36. The summed E-state index contributed by atoms with van der Waals surface area (Å²) in [6, 6.07) is 10.6. The summed E-state index contributed by atoms with van der Waals surface area (Å²) in [4.78, 5) is 29.1. The van der Waals surface area contributed by atoms with Gasteiger partial charge in [0.15, 0.2) is 0 Å². The van der Waals surface area contributed by atoms with Gasteiger partial charge in [-0.2, -0.15) is 0 Å². The molecule has 0 aliphatic rings. The largest absolute Gasteiger partial charge is 0.467 e. The Morgan fingerprint density at radius 3 is 2.04 bits per heavy atom. The van der Waals surface area contributed by atoms with Gasteiger partial charge < -0.3 is 24.8 Å². The zero-order valence-corrected chi connectivity index (χ0v) is 15.1. The number of nitrogens with one attached hydrogen (secondary N) is 3. The van der Waals surface area contributed by atoms with Crippen molar-refractivity contribution in [2.75, 3.05) is 0 Å². The van der Waals surface area contributed by atoms with Crippen LogP contribution in [0.1, 0.15) is 17.1 Å². The Balaban J connectivity index is 1.63. The third-order valence-electron chi connectivity index (χ3n) is 3.77. The van der Waals surface area contributed by atoms with E-state index in [4.69, 9.17) is 8.83 Å². The molecule has 3 heterocycles. The lowest BCUT2D eigenvalue weighted by Crippen LogP contribution is -2.35. The van der Waals surface area contributed by atoms with Crippen molar-refractivity contribution in [1.82, 2.24) is 20.9 Å². The maximum Gasteiger partial charge on any atom is 0.258 e.